The van der Waals surface area contributed by atoms with Crippen LogP contribution in [0.25, 0.3) is 0 Å². The van der Waals surface area contributed by atoms with Gasteiger partial charge in [0.05, 0.1) is 6.61 Å². The molecule has 0 fully saturated rings. The van der Waals surface area contributed by atoms with Gasteiger partial charge in [-0.25, -0.2) is 18.1 Å². The molecule has 92 valence electrons. The molecule has 1 aromatic rings. The van der Waals surface area contributed by atoms with Crippen LogP contribution in [-0.4, -0.2) is 31.2 Å². The molecule has 7 heteroatoms. The molecule has 0 bridgehead atoms. The summed E-state index contributed by atoms with van der Waals surface area (Å²) in [6.45, 7) is 1.50. The molecule has 1 atom stereocenters. The third kappa shape index (κ3) is 3.49. The summed E-state index contributed by atoms with van der Waals surface area (Å²) in [7, 11) is -3.69. The van der Waals surface area contributed by atoms with Gasteiger partial charge in [0.25, 0.3) is 0 Å². The fraction of sp³-hybridized carbons (Fsp3) is 0.400. The van der Waals surface area contributed by atoms with Crippen molar-refractivity contribution in [3.8, 4) is 6.07 Å². The molecule has 2 N–H and O–H groups in total. The molecule has 0 spiro atoms. The lowest BCUT2D eigenvalue weighted by atomic mass is 10.3. The van der Waals surface area contributed by atoms with Crippen LogP contribution in [0.2, 0.25) is 0 Å². The average molecular weight is 255 g/mol. The van der Waals surface area contributed by atoms with Crippen molar-refractivity contribution in [3.05, 3.63) is 24.0 Å². The molecule has 0 amide bonds. The van der Waals surface area contributed by atoms with Crippen LogP contribution in [0, 0.1) is 11.3 Å². The van der Waals surface area contributed by atoms with E-state index in [0.717, 1.165) is 6.20 Å². The SMILES string of the molecule is CC[C@H](CO)NS(=O)(=O)c1ccc(C#N)nc1. The van der Waals surface area contributed by atoms with E-state index in [1.165, 1.54) is 12.1 Å². The van der Waals surface area contributed by atoms with E-state index in [-0.39, 0.29) is 17.2 Å². The Bertz CT molecular complexity index is 501. The Morgan fingerprint density at radius 3 is 2.71 bits per heavy atom. The van der Waals surface area contributed by atoms with Crippen LogP contribution in [0.1, 0.15) is 19.0 Å². The van der Waals surface area contributed by atoms with E-state index in [0.29, 0.717) is 6.42 Å². The molecular weight excluding hydrogens is 242 g/mol. The second-order valence-corrected chi connectivity index (χ2v) is 5.11. The van der Waals surface area contributed by atoms with Gasteiger partial charge in [-0.15, -0.1) is 0 Å². The van der Waals surface area contributed by atoms with Crippen molar-refractivity contribution in [2.24, 2.45) is 0 Å². The first-order valence-corrected chi connectivity index (χ1v) is 6.51. The Labute approximate surface area is 100.0 Å². The van der Waals surface area contributed by atoms with Gasteiger partial charge in [-0.05, 0) is 18.6 Å². The Kier molecular flexibility index (Phi) is 4.57. The molecule has 0 saturated carbocycles. The first-order valence-electron chi connectivity index (χ1n) is 5.02. The largest absolute Gasteiger partial charge is 0.395 e. The third-order valence-electron chi connectivity index (χ3n) is 2.20. The molecule has 1 rings (SSSR count). The number of rotatable bonds is 5. The normalized spacial score (nSPS) is 13.0. The van der Waals surface area contributed by atoms with E-state index in [4.69, 9.17) is 10.4 Å². The number of sulfonamides is 1. The van der Waals surface area contributed by atoms with Crippen LogP contribution in [0.3, 0.4) is 0 Å². The van der Waals surface area contributed by atoms with Crippen molar-refractivity contribution >= 4 is 10.0 Å². The Hall–Kier alpha value is -1.49. The van der Waals surface area contributed by atoms with E-state index >= 15 is 0 Å². The predicted octanol–water partition coefficient (Wildman–Crippen LogP) is 0.00248. The molecular formula is C10H13N3O3S. The van der Waals surface area contributed by atoms with Crippen LogP contribution in [0.4, 0.5) is 0 Å². The third-order valence-corrected chi connectivity index (χ3v) is 3.70. The van der Waals surface area contributed by atoms with Gasteiger partial charge < -0.3 is 5.11 Å². The van der Waals surface area contributed by atoms with Crippen molar-refractivity contribution in [1.29, 1.82) is 5.26 Å². The molecule has 0 radical (unpaired) electrons. The fourth-order valence-electron chi connectivity index (χ4n) is 1.14. The van der Waals surface area contributed by atoms with Gasteiger partial charge in [0.15, 0.2) is 0 Å². The van der Waals surface area contributed by atoms with Crippen LogP contribution in [0.15, 0.2) is 23.2 Å². The van der Waals surface area contributed by atoms with Crippen LogP contribution < -0.4 is 4.72 Å². The summed E-state index contributed by atoms with van der Waals surface area (Å²) in [5, 5.41) is 17.5. The zero-order chi connectivity index (χ0) is 12.9. The molecule has 0 aliphatic carbocycles. The number of aliphatic hydroxyl groups is 1. The minimum Gasteiger partial charge on any atom is -0.395 e. The first kappa shape index (κ1) is 13.6. The highest BCUT2D eigenvalue weighted by Crippen LogP contribution is 2.08. The smallest absolute Gasteiger partial charge is 0.242 e. The molecule has 6 nitrogen and oxygen atoms in total. The zero-order valence-corrected chi connectivity index (χ0v) is 10.1. The van der Waals surface area contributed by atoms with E-state index in [1.54, 1.807) is 13.0 Å². The topological polar surface area (TPSA) is 103 Å². The first-order chi connectivity index (χ1) is 8.03. The number of nitrogens with zero attached hydrogens (tertiary/aromatic N) is 2. The summed E-state index contributed by atoms with van der Waals surface area (Å²) in [5.74, 6) is 0. The standard InChI is InChI=1S/C10H13N3O3S/c1-2-8(7-14)13-17(15,16)10-4-3-9(5-11)12-6-10/h3-4,6,8,13-14H,2,7H2,1H3/t8-/m1/s1. The van der Waals surface area contributed by atoms with Crippen LogP contribution >= 0.6 is 0 Å². The Morgan fingerprint density at radius 2 is 2.29 bits per heavy atom. The summed E-state index contributed by atoms with van der Waals surface area (Å²) in [6.07, 6.45) is 1.60. The van der Waals surface area contributed by atoms with Gasteiger partial charge in [-0.3, -0.25) is 0 Å². The number of aromatic nitrogens is 1. The van der Waals surface area contributed by atoms with E-state index in [9.17, 15) is 8.42 Å². The average Bonchev–Trinajstić information content (AvgIpc) is 2.36. The quantitative estimate of drug-likeness (QED) is 0.771. The summed E-state index contributed by atoms with van der Waals surface area (Å²) >= 11 is 0. The monoisotopic (exact) mass is 255 g/mol. The van der Waals surface area contributed by atoms with Crippen molar-refractivity contribution in [2.45, 2.75) is 24.3 Å². The number of hydrogen-bond donors (Lipinski definition) is 2. The lowest BCUT2D eigenvalue weighted by molar-refractivity contribution is 0.254. The summed E-state index contributed by atoms with van der Waals surface area (Å²) in [4.78, 5) is 3.65. The molecule has 1 aromatic heterocycles. The second kappa shape index (κ2) is 5.72. The van der Waals surface area contributed by atoms with Crippen molar-refractivity contribution in [1.82, 2.24) is 9.71 Å². The highest BCUT2D eigenvalue weighted by atomic mass is 32.2. The van der Waals surface area contributed by atoms with Gasteiger partial charge in [-0.1, -0.05) is 6.92 Å². The fourth-order valence-corrected chi connectivity index (χ4v) is 2.40. The lowest BCUT2D eigenvalue weighted by Gasteiger charge is -2.13. The lowest BCUT2D eigenvalue weighted by Crippen LogP contribution is -2.36. The summed E-state index contributed by atoms with van der Waals surface area (Å²) in [6, 6.07) is 3.92. The Balaban J connectivity index is 2.93. The zero-order valence-electron chi connectivity index (χ0n) is 9.29. The summed E-state index contributed by atoms with van der Waals surface area (Å²) in [5.41, 5.74) is 0.151. The van der Waals surface area contributed by atoms with E-state index in [2.05, 4.69) is 9.71 Å². The Morgan fingerprint density at radius 1 is 1.59 bits per heavy atom. The molecule has 0 aliphatic rings. The molecule has 0 aromatic carbocycles. The maximum absolute atomic E-state index is 11.8. The number of nitrogens with one attached hydrogen (secondary N) is 1. The number of hydrogen-bond acceptors (Lipinski definition) is 5. The van der Waals surface area contributed by atoms with Gasteiger partial charge in [-0.2, -0.15) is 5.26 Å². The minimum atomic E-state index is -3.69. The van der Waals surface area contributed by atoms with Gasteiger partial charge >= 0.3 is 0 Å². The van der Waals surface area contributed by atoms with Gasteiger partial charge in [0.1, 0.15) is 16.7 Å². The van der Waals surface area contributed by atoms with E-state index < -0.39 is 16.1 Å². The molecule has 17 heavy (non-hydrogen) atoms. The summed E-state index contributed by atoms with van der Waals surface area (Å²) < 4.78 is 26.0. The molecule has 0 saturated heterocycles. The van der Waals surface area contributed by atoms with Crippen molar-refractivity contribution in [3.63, 3.8) is 0 Å². The maximum atomic E-state index is 11.8. The minimum absolute atomic E-state index is 0.0246. The van der Waals surface area contributed by atoms with Gasteiger partial charge in [0, 0.05) is 12.2 Å². The van der Waals surface area contributed by atoms with Crippen molar-refractivity contribution in [2.75, 3.05) is 6.61 Å². The highest BCUT2D eigenvalue weighted by Gasteiger charge is 2.18. The maximum Gasteiger partial charge on any atom is 0.242 e. The van der Waals surface area contributed by atoms with Crippen LogP contribution in [-0.2, 0) is 10.0 Å². The molecule has 1 heterocycles. The predicted molar refractivity (Wildman–Crippen MR) is 60.4 cm³/mol. The van der Waals surface area contributed by atoms with Crippen LogP contribution in [0.5, 0.6) is 0 Å². The molecule has 0 aliphatic heterocycles. The van der Waals surface area contributed by atoms with E-state index in [1.807, 2.05) is 0 Å². The second-order valence-electron chi connectivity index (χ2n) is 3.40. The van der Waals surface area contributed by atoms with Crippen molar-refractivity contribution < 1.29 is 13.5 Å². The molecule has 0 unspecified atom stereocenters. The number of aliphatic hydroxyl groups excluding tert-OH is 1. The van der Waals surface area contributed by atoms with Gasteiger partial charge in [0.2, 0.25) is 10.0 Å². The highest BCUT2D eigenvalue weighted by molar-refractivity contribution is 7.89. The number of nitriles is 1. The number of pyridine rings is 1.